The van der Waals surface area contributed by atoms with E-state index in [1.807, 2.05) is 18.2 Å². The highest BCUT2D eigenvalue weighted by Gasteiger charge is 2.24. The van der Waals surface area contributed by atoms with Crippen LogP contribution in [0.25, 0.3) is 0 Å². The molecule has 1 aliphatic rings. The number of ether oxygens (including phenoxy) is 2. The molecule has 1 heterocycles. The van der Waals surface area contributed by atoms with Gasteiger partial charge in [0.25, 0.3) is 0 Å². The molecular weight excluding hydrogens is 402 g/mol. The second-order valence-corrected chi connectivity index (χ2v) is 6.45. The number of phenolic OH excluding ortho intramolecular Hbond substituents is 2. The minimum Gasteiger partial charge on any atom is -0.507 e. The molecule has 2 N–H and O–H groups in total. The van der Waals surface area contributed by atoms with E-state index in [4.69, 9.17) is 21.2 Å². The van der Waals surface area contributed by atoms with Crippen molar-refractivity contribution in [2.45, 2.75) is 25.7 Å². The number of carbonyl (C=O) groups is 2. The summed E-state index contributed by atoms with van der Waals surface area (Å²) in [6.07, 6.45) is 9.34. The van der Waals surface area contributed by atoms with Crippen molar-refractivity contribution in [3.8, 4) is 11.5 Å². The Hall–Kier alpha value is -3.00. The zero-order valence-corrected chi connectivity index (χ0v) is 16.6. The second kappa shape index (κ2) is 11.1. The van der Waals surface area contributed by atoms with Crippen molar-refractivity contribution in [2.75, 3.05) is 20.3 Å². The number of halogens is 1. The number of rotatable bonds is 3. The summed E-state index contributed by atoms with van der Waals surface area (Å²) in [5.74, 6) is -2.24. The summed E-state index contributed by atoms with van der Waals surface area (Å²) in [7, 11) is 1.22. The summed E-state index contributed by atoms with van der Waals surface area (Å²) in [6, 6.07) is 0.978. The number of carbonyl (C=O) groups excluding carboxylic acids is 2. The van der Waals surface area contributed by atoms with E-state index >= 15 is 0 Å². The number of benzene rings is 1. The van der Waals surface area contributed by atoms with E-state index in [2.05, 4.69) is 9.89 Å². The van der Waals surface area contributed by atoms with Crippen LogP contribution in [-0.2, 0) is 25.5 Å². The fourth-order valence-electron chi connectivity index (χ4n) is 2.55. The van der Waals surface area contributed by atoms with Crippen molar-refractivity contribution in [1.29, 1.82) is 0 Å². The zero-order chi connectivity index (χ0) is 21.2. The van der Waals surface area contributed by atoms with Crippen LogP contribution in [0.15, 0.2) is 35.5 Å². The molecule has 0 amide bonds. The Kier molecular flexibility index (Phi) is 8.54. The van der Waals surface area contributed by atoms with Crippen molar-refractivity contribution in [1.82, 2.24) is 0 Å². The first-order valence-corrected chi connectivity index (χ1v) is 9.29. The van der Waals surface area contributed by atoms with Crippen LogP contribution in [0.2, 0.25) is 5.02 Å². The third-order valence-electron chi connectivity index (χ3n) is 3.97. The summed E-state index contributed by atoms with van der Waals surface area (Å²) in [6.45, 7) is -0.268. The van der Waals surface area contributed by atoms with E-state index in [1.165, 1.54) is 7.11 Å². The van der Waals surface area contributed by atoms with Gasteiger partial charge in [-0.15, -0.1) is 0 Å². The Morgan fingerprint density at radius 1 is 1.21 bits per heavy atom. The molecule has 2 rings (SSSR count). The lowest BCUT2D eigenvalue weighted by molar-refractivity contribution is -0.145. The first kappa shape index (κ1) is 22.3. The van der Waals surface area contributed by atoms with Gasteiger partial charge in [-0.05, 0) is 30.9 Å². The Balaban J connectivity index is 2.45. The first-order chi connectivity index (χ1) is 13.9. The largest absolute Gasteiger partial charge is 0.507 e. The lowest BCUT2D eigenvalue weighted by Crippen LogP contribution is -2.14. The van der Waals surface area contributed by atoms with Crippen LogP contribution < -0.4 is 0 Å². The standard InChI is InChI=1S/C20H22ClNO7/c1-27-17(25)12-29-22-13-8-6-4-2-3-5-7-9-28-20(26)18-14(10-13)19(21)16(24)11-15(18)23/h3,5-6,8,11,23-24H,2,4,7,9-10,12H2,1H3/b5-3+,8-6+,22-13-. The van der Waals surface area contributed by atoms with Crippen LogP contribution in [0.4, 0.5) is 0 Å². The topological polar surface area (TPSA) is 115 Å². The van der Waals surface area contributed by atoms with Gasteiger partial charge in [0.2, 0.25) is 6.61 Å². The lowest BCUT2D eigenvalue weighted by Gasteiger charge is -2.14. The number of methoxy groups -OCH3 is 1. The van der Waals surface area contributed by atoms with Crippen LogP contribution >= 0.6 is 11.6 Å². The van der Waals surface area contributed by atoms with Gasteiger partial charge in [0.15, 0.2) is 0 Å². The molecule has 0 bridgehead atoms. The van der Waals surface area contributed by atoms with Crippen molar-refractivity contribution < 1.29 is 34.1 Å². The zero-order valence-electron chi connectivity index (χ0n) is 15.9. The Bertz CT molecular complexity index is 846. The SMILES string of the molecule is COC(=O)CO/N=C1/C=C/CC/C=C/CCOC(=O)c2c(O)cc(O)c(Cl)c2C1. The smallest absolute Gasteiger partial charge is 0.346 e. The highest BCUT2D eigenvalue weighted by molar-refractivity contribution is 6.33. The summed E-state index contributed by atoms with van der Waals surface area (Å²) < 4.78 is 9.70. The van der Waals surface area contributed by atoms with E-state index in [-0.39, 0.29) is 29.2 Å². The van der Waals surface area contributed by atoms with Gasteiger partial charge in [0, 0.05) is 12.5 Å². The second-order valence-electron chi connectivity index (χ2n) is 6.07. The van der Waals surface area contributed by atoms with Gasteiger partial charge in [0.05, 0.1) is 24.5 Å². The van der Waals surface area contributed by atoms with Gasteiger partial charge in [-0.3, -0.25) is 0 Å². The van der Waals surface area contributed by atoms with Crippen molar-refractivity contribution >= 4 is 29.3 Å². The number of oxime groups is 1. The highest BCUT2D eigenvalue weighted by atomic mass is 35.5. The number of hydrogen-bond acceptors (Lipinski definition) is 8. The van der Waals surface area contributed by atoms with Gasteiger partial charge in [-0.25, -0.2) is 9.59 Å². The number of esters is 2. The lowest BCUT2D eigenvalue weighted by atomic mass is 9.99. The molecule has 0 unspecified atom stereocenters. The molecule has 1 aromatic carbocycles. The van der Waals surface area contributed by atoms with E-state index in [0.717, 1.165) is 18.9 Å². The van der Waals surface area contributed by atoms with Gasteiger partial charge >= 0.3 is 11.9 Å². The molecule has 1 aromatic rings. The van der Waals surface area contributed by atoms with Crippen LogP contribution in [0.5, 0.6) is 11.5 Å². The van der Waals surface area contributed by atoms with E-state index in [1.54, 1.807) is 6.08 Å². The number of allylic oxidation sites excluding steroid dienone is 3. The molecule has 8 nitrogen and oxygen atoms in total. The Morgan fingerprint density at radius 3 is 2.69 bits per heavy atom. The van der Waals surface area contributed by atoms with Crippen LogP contribution in [-0.4, -0.2) is 48.2 Å². The predicted molar refractivity (Wildman–Crippen MR) is 106 cm³/mol. The molecule has 156 valence electrons. The summed E-state index contributed by atoms with van der Waals surface area (Å²) in [5, 5.41) is 24.0. The number of phenols is 2. The van der Waals surface area contributed by atoms with Gasteiger partial charge in [-0.1, -0.05) is 35.0 Å². The molecule has 0 fully saturated rings. The number of cyclic esters (lactones) is 1. The maximum Gasteiger partial charge on any atom is 0.346 e. The Labute approximate surface area is 173 Å². The first-order valence-electron chi connectivity index (χ1n) is 8.91. The summed E-state index contributed by atoms with van der Waals surface area (Å²) >= 11 is 6.20. The van der Waals surface area contributed by atoms with Crippen LogP contribution in [0.3, 0.4) is 0 Å². The fraction of sp³-hybridized carbons (Fsp3) is 0.350. The number of aromatic hydroxyl groups is 2. The summed E-state index contributed by atoms with van der Waals surface area (Å²) in [4.78, 5) is 28.7. The monoisotopic (exact) mass is 423 g/mol. The highest BCUT2D eigenvalue weighted by Crippen LogP contribution is 2.37. The minimum absolute atomic E-state index is 0.0568. The molecule has 0 saturated heterocycles. The van der Waals surface area contributed by atoms with Crippen LogP contribution in [0.1, 0.15) is 35.2 Å². The number of fused-ring (bicyclic) bond motifs is 1. The van der Waals surface area contributed by atoms with Gasteiger partial charge in [-0.2, -0.15) is 0 Å². The minimum atomic E-state index is -0.774. The quantitative estimate of drug-likeness (QED) is 0.435. The molecule has 0 spiro atoms. The van der Waals surface area contributed by atoms with E-state index < -0.39 is 30.0 Å². The molecule has 0 atom stereocenters. The maximum atomic E-state index is 12.5. The molecule has 0 aromatic heterocycles. The Morgan fingerprint density at radius 2 is 1.93 bits per heavy atom. The molecule has 0 aliphatic carbocycles. The van der Waals surface area contributed by atoms with Crippen molar-refractivity contribution in [2.24, 2.45) is 5.16 Å². The third-order valence-corrected chi connectivity index (χ3v) is 4.39. The van der Waals surface area contributed by atoms with Gasteiger partial charge < -0.3 is 24.5 Å². The average molecular weight is 424 g/mol. The molecule has 9 heteroatoms. The van der Waals surface area contributed by atoms with E-state index in [9.17, 15) is 19.8 Å². The van der Waals surface area contributed by atoms with Crippen molar-refractivity contribution in [3.05, 3.63) is 46.5 Å². The number of hydrogen-bond donors (Lipinski definition) is 2. The summed E-state index contributed by atoms with van der Waals surface area (Å²) in [5.41, 5.74) is 0.283. The maximum absolute atomic E-state index is 12.5. The van der Waals surface area contributed by atoms with E-state index in [0.29, 0.717) is 12.1 Å². The van der Waals surface area contributed by atoms with Gasteiger partial charge in [0.1, 0.15) is 17.1 Å². The molecule has 1 aliphatic heterocycles. The normalized spacial score (nSPS) is 18.8. The fourth-order valence-corrected chi connectivity index (χ4v) is 2.76. The number of nitrogens with zero attached hydrogens (tertiary/aromatic N) is 1. The molecule has 0 saturated carbocycles. The van der Waals surface area contributed by atoms with Crippen LogP contribution in [0, 0.1) is 0 Å². The molecule has 29 heavy (non-hydrogen) atoms. The predicted octanol–water partition coefficient (Wildman–Crippen LogP) is 3.29. The van der Waals surface area contributed by atoms with Crippen molar-refractivity contribution in [3.63, 3.8) is 0 Å². The third kappa shape index (κ3) is 6.53. The molecule has 0 radical (unpaired) electrons. The average Bonchev–Trinajstić information content (AvgIpc) is 2.69. The molecular formula is C20H22ClNO7.